The van der Waals surface area contributed by atoms with E-state index in [0.29, 0.717) is 6.61 Å². The zero-order valence-electron chi connectivity index (χ0n) is 11.6. The van der Waals surface area contributed by atoms with Crippen LogP contribution < -0.4 is 5.32 Å². The largest absolute Gasteiger partial charge is 0.394 e. The molecule has 0 aliphatic carbocycles. The first kappa shape index (κ1) is 14.8. The highest BCUT2D eigenvalue weighted by Gasteiger charge is 2.28. The van der Waals surface area contributed by atoms with Crippen molar-refractivity contribution in [2.75, 3.05) is 32.8 Å². The van der Waals surface area contributed by atoms with Crippen LogP contribution in [0.5, 0.6) is 0 Å². The number of carbonyl (C=O) groups excluding carboxylic acids is 1. The third kappa shape index (κ3) is 4.44. The highest BCUT2D eigenvalue weighted by molar-refractivity contribution is 5.82. The molecule has 19 heavy (non-hydrogen) atoms. The topological polar surface area (TPSA) is 61.8 Å². The summed E-state index contributed by atoms with van der Waals surface area (Å²) in [7, 11) is 0. The van der Waals surface area contributed by atoms with Gasteiger partial charge in [0.1, 0.15) is 0 Å². The summed E-state index contributed by atoms with van der Waals surface area (Å²) >= 11 is 0. The van der Waals surface area contributed by atoms with Gasteiger partial charge >= 0.3 is 0 Å². The van der Waals surface area contributed by atoms with Gasteiger partial charge in [-0.3, -0.25) is 4.79 Å². The normalized spacial score (nSPS) is 26.2. The van der Waals surface area contributed by atoms with Crippen LogP contribution in [0.4, 0.5) is 0 Å². The number of nitrogens with zero attached hydrogens (tertiary/aromatic N) is 1. The molecule has 1 atom stereocenters. The summed E-state index contributed by atoms with van der Waals surface area (Å²) < 4.78 is 5.52. The van der Waals surface area contributed by atoms with Crippen molar-refractivity contribution in [2.45, 2.75) is 50.7 Å². The van der Waals surface area contributed by atoms with Crippen molar-refractivity contribution in [3.05, 3.63) is 0 Å². The fraction of sp³-hybridized carbons (Fsp3) is 0.929. The monoisotopic (exact) mass is 270 g/mol. The molecule has 2 N–H and O–H groups in total. The number of aliphatic hydroxyl groups excluding tert-OH is 1. The second-order valence-electron chi connectivity index (χ2n) is 5.48. The minimum Gasteiger partial charge on any atom is -0.394 e. The van der Waals surface area contributed by atoms with Gasteiger partial charge in [0.25, 0.3) is 0 Å². The summed E-state index contributed by atoms with van der Waals surface area (Å²) in [6.45, 7) is 3.01. The van der Waals surface area contributed by atoms with E-state index in [0.717, 1.165) is 45.3 Å². The van der Waals surface area contributed by atoms with E-state index >= 15 is 0 Å². The average Bonchev–Trinajstić information content (AvgIpc) is 2.74. The summed E-state index contributed by atoms with van der Waals surface area (Å²) in [5.41, 5.74) is 0. The van der Waals surface area contributed by atoms with E-state index in [9.17, 15) is 4.79 Å². The molecule has 5 nitrogen and oxygen atoms in total. The Morgan fingerprint density at radius 3 is 2.74 bits per heavy atom. The van der Waals surface area contributed by atoms with E-state index in [-0.39, 0.29) is 24.7 Å². The lowest BCUT2D eigenvalue weighted by Gasteiger charge is -2.34. The number of aliphatic hydroxyl groups is 1. The Labute approximate surface area is 115 Å². The molecule has 110 valence electrons. The van der Waals surface area contributed by atoms with Crippen molar-refractivity contribution in [1.29, 1.82) is 0 Å². The maximum Gasteiger partial charge on any atom is 0.239 e. The first-order valence-electron chi connectivity index (χ1n) is 7.56. The molecule has 0 radical (unpaired) electrons. The van der Waals surface area contributed by atoms with Crippen LogP contribution in [-0.2, 0) is 9.53 Å². The third-order valence-corrected chi connectivity index (χ3v) is 4.06. The number of hydrogen-bond donors (Lipinski definition) is 2. The first-order valence-corrected chi connectivity index (χ1v) is 7.56. The fourth-order valence-electron chi connectivity index (χ4n) is 2.92. The van der Waals surface area contributed by atoms with Gasteiger partial charge in [0, 0.05) is 13.1 Å². The standard InChI is InChI=1S/C14H26N2O3/c17-10-11-19-12-5-8-16(9-6-12)14(18)13-4-2-1-3-7-15-13/h12-13,15,17H,1-11H2. The molecule has 1 unspecified atom stereocenters. The van der Waals surface area contributed by atoms with E-state index in [2.05, 4.69) is 5.32 Å². The molecule has 1 amide bonds. The average molecular weight is 270 g/mol. The Kier molecular flexibility index (Phi) is 6.07. The molecular weight excluding hydrogens is 244 g/mol. The number of rotatable bonds is 4. The van der Waals surface area contributed by atoms with Crippen LogP contribution in [0.25, 0.3) is 0 Å². The number of hydrogen-bond acceptors (Lipinski definition) is 4. The molecule has 0 spiro atoms. The molecule has 2 heterocycles. The number of ether oxygens (including phenoxy) is 1. The Bertz CT molecular complexity index is 270. The molecule has 0 aromatic carbocycles. The van der Waals surface area contributed by atoms with Crippen molar-refractivity contribution in [3.63, 3.8) is 0 Å². The van der Waals surface area contributed by atoms with E-state index in [1.54, 1.807) is 0 Å². The van der Waals surface area contributed by atoms with Crippen molar-refractivity contribution < 1.29 is 14.6 Å². The van der Waals surface area contributed by atoms with Crippen LogP contribution in [0.2, 0.25) is 0 Å². The summed E-state index contributed by atoms with van der Waals surface area (Å²) in [6.07, 6.45) is 6.52. The highest BCUT2D eigenvalue weighted by atomic mass is 16.5. The Morgan fingerprint density at radius 1 is 1.21 bits per heavy atom. The van der Waals surface area contributed by atoms with Gasteiger partial charge in [-0.1, -0.05) is 12.8 Å². The number of piperidine rings is 1. The summed E-state index contributed by atoms with van der Waals surface area (Å²) in [5, 5.41) is 12.1. The summed E-state index contributed by atoms with van der Waals surface area (Å²) in [4.78, 5) is 14.4. The lowest BCUT2D eigenvalue weighted by Crippen LogP contribution is -2.49. The molecule has 2 saturated heterocycles. The highest BCUT2D eigenvalue weighted by Crippen LogP contribution is 2.17. The van der Waals surface area contributed by atoms with Crippen molar-refractivity contribution in [2.24, 2.45) is 0 Å². The van der Waals surface area contributed by atoms with Gasteiger partial charge in [-0.2, -0.15) is 0 Å². The van der Waals surface area contributed by atoms with Crippen molar-refractivity contribution >= 4 is 5.91 Å². The SMILES string of the molecule is O=C(C1CCCCCN1)N1CCC(OCCO)CC1. The molecule has 0 bridgehead atoms. The maximum atomic E-state index is 12.4. The zero-order valence-corrected chi connectivity index (χ0v) is 11.6. The third-order valence-electron chi connectivity index (χ3n) is 4.06. The van der Waals surface area contributed by atoms with E-state index in [4.69, 9.17) is 9.84 Å². The lowest BCUT2D eigenvalue weighted by molar-refractivity contribution is -0.136. The second-order valence-corrected chi connectivity index (χ2v) is 5.48. The van der Waals surface area contributed by atoms with Crippen LogP contribution in [0.3, 0.4) is 0 Å². The predicted molar refractivity (Wildman–Crippen MR) is 72.9 cm³/mol. The van der Waals surface area contributed by atoms with Crippen LogP contribution in [0.15, 0.2) is 0 Å². The molecule has 5 heteroatoms. The zero-order chi connectivity index (χ0) is 13.5. The quantitative estimate of drug-likeness (QED) is 0.782. The van der Waals surface area contributed by atoms with E-state index < -0.39 is 0 Å². The summed E-state index contributed by atoms with van der Waals surface area (Å²) in [6, 6.07) is 0.0254. The van der Waals surface area contributed by atoms with Crippen LogP contribution in [0, 0.1) is 0 Å². The minimum atomic E-state index is 0.0254. The number of carbonyl (C=O) groups is 1. The Hall–Kier alpha value is -0.650. The lowest BCUT2D eigenvalue weighted by atomic mass is 10.0. The predicted octanol–water partition coefficient (Wildman–Crippen LogP) is 0.519. The molecule has 0 aromatic rings. The molecular formula is C14H26N2O3. The molecule has 2 aliphatic rings. The van der Waals surface area contributed by atoms with E-state index in [1.165, 1.54) is 12.8 Å². The Balaban J connectivity index is 1.75. The Morgan fingerprint density at radius 2 is 2.00 bits per heavy atom. The van der Waals surface area contributed by atoms with Gasteiger partial charge < -0.3 is 20.1 Å². The summed E-state index contributed by atoms with van der Waals surface area (Å²) in [5.74, 6) is 0.266. The number of amides is 1. The van der Waals surface area contributed by atoms with Gasteiger partial charge in [-0.05, 0) is 32.2 Å². The van der Waals surface area contributed by atoms with E-state index in [1.807, 2.05) is 4.90 Å². The molecule has 0 aromatic heterocycles. The van der Waals surface area contributed by atoms with Crippen LogP contribution >= 0.6 is 0 Å². The number of nitrogens with one attached hydrogen (secondary N) is 1. The molecule has 2 rings (SSSR count). The van der Waals surface area contributed by atoms with Gasteiger partial charge in [0.05, 0.1) is 25.4 Å². The fourth-order valence-corrected chi connectivity index (χ4v) is 2.92. The smallest absolute Gasteiger partial charge is 0.239 e. The number of likely N-dealkylation sites (tertiary alicyclic amines) is 1. The van der Waals surface area contributed by atoms with Gasteiger partial charge in [-0.15, -0.1) is 0 Å². The maximum absolute atomic E-state index is 12.4. The van der Waals surface area contributed by atoms with Gasteiger partial charge in [0.2, 0.25) is 5.91 Å². The minimum absolute atomic E-state index is 0.0254. The van der Waals surface area contributed by atoms with Crippen LogP contribution in [0.1, 0.15) is 38.5 Å². The second kappa shape index (κ2) is 7.82. The molecule has 0 saturated carbocycles. The van der Waals surface area contributed by atoms with Gasteiger partial charge in [-0.25, -0.2) is 0 Å². The first-order chi connectivity index (χ1) is 9.31. The molecule has 2 fully saturated rings. The molecule has 2 aliphatic heterocycles. The van der Waals surface area contributed by atoms with Crippen molar-refractivity contribution in [3.8, 4) is 0 Å². The van der Waals surface area contributed by atoms with Crippen LogP contribution in [-0.4, -0.2) is 60.9 Å². The van der Waals surface area contributed by atoms with Gasteiger partial charge in [0.15, 0.2) is 0 Å². The van der Waals surface area contributed by atoms with Crippen molar-refractivity contribution in [1.82, 2.24) is 10.2 Å².